The number of fused-ring (bicyclic) bond motifs is 1. The van der Waals surface area contributed by atoms with E-state index in [0.29, 0.717) is 16.2 Å². The predicted molar refractivity (Wildman–Crippen MR) is 76.9 cm³/mol. The van der Waals surface area contributed by atoms with Crippen LogP contribution >= 0.6 is 11.3 Å². The molecule has 0 aliphatic carbocycles. The molecule has 3 N–H and O–H groups in total. The van der Waals surface area contributed by atoms with Crippen LogP contribution in [0.25, 0.3) is 10.2 Å². The van der Waals surface area contributed by atoms with E-state index in [-0.39, 0.29) is 5.82 Å². The summed E-state index contributed by atoms with van der Waals surface area (Å²) in [6, 6.07) is 1.85. The lowest BCUT2D eigenvalue weighted by Gasteiger charge is -2.16. The maximum Gasteiger partial charge on any atom is 0.416 e. The van der Waals surface area contributed by atoms with Crippen molar-refractivity contribution in [2.24, 2.45) is 0 Å². The molecule has 0 saturated heterocycles. The van der Waals surface area contributed by atoms with E-state index in [2.05, 4.69) is 20.6 Å². The quantitative estimate of drug-likeness (QED) is 0.790. The summed E-state index contributed by atoms with van der Waals surface area (Å²) in [5, 5.41) is 15.0. The second kappa shape index (κ2) is 6.02. The van der Waals surface area contributed by atoms with Gasteiger partial charge in [0.15, 0.2) is 6.10 Å². The Balaban J connectivity index is 2.31. The van der Waals surface area contributed by atoms with E-state index in [4.69, 9.17) is 5.11 Å². The van der Waals surface area contributed by atoms with Crippen LogP contribution in [0.4, 0.5) is 24.9 Å². The van der Waals surface area contributed by atoms with Crippen LogP contribution < -0.4 is 10.6 Å². The average Bonchev–Trinajstić information content (AvgIpc) is 2.86. The molecule has 21 heavy (non-hydrogen) atoms. The Bertz CT molecular complexity index is 629. The molecule has 0 saturated carbocycles. The third kappa shape index (κ3) is 3.53. The van der Waals surface area contributed by atoms with Crippen LogP contribution in [0.3, 0.4) is 0 Å². The van der Waals surface area contributed by atoms with Gasteiger partial charge in [-0.25, -0.2) is 4.98 Å². The van der Waals surface area contributed by atoms with Gasteiger partial charge in [0.05, 0.1) is 11.9 Å². The molecule has 0 spiro atoms. The van der Waals surface area contributed by atoms with Crippen molar-refractivity contribution in [1.29, 1.82) is 0 Å². The summed E-state index contributed by atoms with van der Waals surface area (Å²) in [7, 11) is 1.63. The number of anilines is 2. The molecule has 1 atom stereocenters. The summed E-state index contributed by atoms with van der Waals surface area (Å²) in [6.07, 6.45) is -6.29. The lowest BCUT2D eigenvalue weighted by molar-refractivity contribution is -0.198. The molecular weight excluding hydrogens is 305 g/mol. The molecule has 0 radical (unpaired) electrons. The first kappa shape index (κ1) is 15.8. The zero-order valence-electron chi connectivity index (χ0n) is 11.5. The molecule has 0 bridgehead atoms. The molecule has 0 aliphatic heterocycles. The standard InChI is InChI=1S/C12H15F3N4OS/c1-3-6-4-7-9(17-5-8(20)12(13,14)15)18-11(16-2)19-10(7)21-6/h4,8,20H,3,5H2,1-2H3,(H2,16,17,18,19). The molecule has 2 aromatic heterocycles. The van der Waals surface area contributed by atoms with Crippen LogP contribution in [0, 0.1) is 0 Å². The number of thiophene rings is 1. The number of alkyl halides is 3. The van der Waals surface area contributed by atoms with Crippen molar-refractivity contribution >= 4 is 33.3 Å². The van der Waals surface area contributed by atoms with Gasteiger partial charge in [-0.3, -0.25) is 0 Å². The number of hydrogen-bond acceptors (Lipinski definition) is 6. The van der Waals surface area contributed by atoms with Crippen molar-refractivity contribution in [3.05, 3.63) is 10.9 Å². The Morgan fingerprint density at radius 3 is 2.67 bits per heavy atom. The van der Waals surface area contributed by atoms with Crippen molar-refractivity contribution in [3.63, 3.8) is 0 Å². The Morgan fingerprint density at radius 2 is 2.10 bits per heavy atom. The fourth-order valence-corrected chi connectivity index (χ4v) is 2.67. The number of aromatic nitrogens is 2. The van der Waals surface area contributed by atoms with Crippen molar-refractivity contribution in [2.45, 2.75) is 25.6 Å². The number of rotatable bonds is 5. The van der Waals surface area contributed by atoms with Crippen LogP contribution in [-0.2, 0) is 6.42 Å². The van der Waals surface area contributed by atoms with E-state index in [1.54, 1.807) is 7.05 Å². The Kier molecular flexibility index (Phi) is 4.52. The van der Waals surface area contributed by atoms with Crippen molar-refractivity contribution in [1.82, 2.24) is 9.97 Å². The number of nitrogens with zero attached hydrogens (tertiary/aromatic N) is 2. The number of aryl methyl sites for hydroxylation is 1. The second-order valence-corrected chi connectivity index (χ2v) is 5.48. The molecule has 116 valence electrons. The molecule has 0 aromatic carbocycles. The molecule has 0 fully saturated rings. The smallest absolute Gasteiger partial charge is 0.382 e. The number of nitrogens with one attached hydrogen (secondary N) is 2. The average molecular weight is 320 g/mol. The van der Waals surface area contributed by atoms with Crippen molar-refractivity contribution in [2.75, 3.05) is 24.2 Å². The van der Waals surface area contributed by atoms with Gasteiger partial charge in [0, 0.05) is 11.9 Å². The van der Waals surface area contributed by atoms with E-state index < -0.39 is 18.8 Å². The van der Waals surface area contributed by atoms with Gasteiger partial charge in [-0.05, 0) is 12.5 Å². The van der Waals surface area contributed by atoms with Gasteiger partial charge in [0.2, 0.25) is 5.95 Å². The SMILES string of the molecule is CCc1cc2c(NCC(O)C(F)(F)F)nc(NC)nc2s1. The van der Waals surface area contributed by atoms with Gasteiger partial charge >= 0.3 is 6.18 Å². The highest BCUT2D eigenvalue weighted by Crippen LogP contribution is 2.30. The first-order valence-electron chi connectivity index (χ1n) is 6.32. The normalized spacial score (nSPS) is 13.4. The summed E-state index contributed by atoms with van der Waals surface area (Å²) in [6.45, 7) is 1.33. The number of hydrogen-bond donors (Lipinski definition) is 3. The highest BCUT2D eigenvalue weighted by molar-refractivity contribution is 7.18. The van der Waals surface area contributed by atoms with Gasteiger partial charge in [0.1, 0.15) is 10.6 Å². The van der Waals surface area contributed by atoms with Gasteiger partial charge in [0.25, 0.3) is 0 Å². The third-order valence-corrected chi connectivity index (χ3v) is 4.03. The van der Waals surface area contributed by atoms with E-state index in [0.717, 1.165) is 11.3 Å². The molecular formula is C12H15F3N4OS. The maximum absolute atomic E-state index is 12.3. The van der Waals surface area contributed by atoms with E-state index >= 15 is 0 Å². The zero-order valence-corrected chi connectivity index (χ0v) is 12.3. The predicted octanol–water partition coefficient (Wildman–Crippen LogP) is 2.63. The van der Waals surface area contributed by atoms with Crippen molar-refractivity contribution < 1.29 is 18.3 Å². The largest absolute Gasteiger partial charge is 0.416 e. The van der Waals surface area contributed by atoms with E-state index in [9.17, 15) is 13.2 Å². The lowest BCUT2D eigenvalue weighted by Crippen LogP contribution is -2.35. The van der Waals surface area contributed by atoms with Crippen LogP contribution in [-0.4, -0.2) is 40.9 Å². The van der Waals surface area contributed by atoms with E-state index in [1.807, 2.05) is 13.0 Å². The number of aliphatic hydroxyl groups is 1. The third-order valence-electron chi connectivity index (χ3n) is 2.86. The monoisotopic (exact) mass is 320 g/mol. The minimum absolute atomic E-state index is 0.281. The Labute approximate surface area is 123 Å². The first-order valence-corrected chi connectivity index (χ1v) is 7.13. The minimum Gasteiger partial charge on any atom is -0.382 e. The van der Waals surface area contributed by atoms with Crippen LogP contribution in [0.5, 0.6) is 0 Å². The lowest BCUT2D eigenvalue weighted by atomic mass is 10.3. The Morgan fingerprint density at radius 1 is 1.38 bits per heavy atom. The first-order chi connectivity index (χ1) is 9.85. The second-order valence-electron chi connectivity index (χ2n) is 4.37. The summed E-state index contributed by atoms with van der Waals surface area (Å²) in [5.74, 6) is 0.597. The molecule has 1 unspecified atom stereocenters. The molecule has 2 heterocycles. The fraction of sp³-hybridized carbons (Fsp3) is 0.500. The van der Waals surface area contributed by atoms with E-state index in [1.165, 1.54) is 11.3 Å². The molecule has 0 amide bonds. The van der Waals surface area contributed by atoms with Crippen LogP contribution in [0.1, 0.15) is 11.8 Å². The molecule has 9 heteroatoms. The molecule has 2 aromatic rings. The Hall–Kier alpha value is -1.61. The maximum atomic E-state index is 12.3. The summed E-state index contributed by atoms with van der Waals surface area (Å²) < 4.78 is 37.0. The summed E-state index contributed by atoms with van der Waals surface area (Å²) in [5.41, 5.74) is 0. The van der Waals surface area contributed by atoms with Gasteiger partial charge in [-0.2, -0.15) is 18.2 Å². The van der Waals surface area contributed by atoms with Crippen LogP contribution in [0.15, 0.2) is 6.07 Å². The number of halogens is 3. The van der Waals surface area contributed by atoms with Gasteiger partial charge < -0.3 is 15.7 Å². The molecule has 5 nitrogen and oxygen atoms in total. The number of aliphatic hydroxyl groups excluding tert-OH is 1. The highest BCUT2D eigenvalue weighted by atomic mass is 32.1. The molecule has 2 rings (SSSR count). The van der Waals surface area contributed by atoms with Crippen molar-refractivity contribution in [3.8, 4) is 0 Å². The topological polar surface area (TPSA) is 70.1 Å². The zero-order chi connectivity index (χ0) is 15.6. The fourth-order valence-electron chi connectivity index (χ4n) is 1.70. The highest BCUT2D eigenvalue weighted by Gasteiger charge is 2.38. The minimum atomic E-state index is -4.66. The molecule has 0 aliphatic rings. The summed E-state index contributed by atoms with van der Waals surface area (Å²) in [4.78, 5) is 10.1. The van der Waals surface area contributed by atoms with Crippen LogP contribution in [0.2, 0.25) is 0 Å². The van der Waals surface area contributed by atoms with Gasteiger partial charge in [-0.15, -0.1) is 11.3 Å². The van der Waals surface area contributed by atoms with Gasteiger partial charge in [-0.1, -0.05) is 6.92 Å². The summed E-state index contributed by atoms with van der Waals surface area (Å²) >= 11 is 1.46.